The van der Waals surface area contributed by atoms with Gasteiger partial charge in [-0.3, -0.25) is 0 Å². The van der Waals surface area contributed by atoms with Crippen LogP contribution in [-0.4, -0.2) is 41.2 Å². The van der Waals surface area contributed by atoms with Crippen LogP contribution >= 0.6 is 11.8 Å². The van der Waals surface area contributed by atoms with Crippen molar-refractivity contribution in [2.45, 2.75) is 56.2 Å². The number of hydrogen-bond donors (Lipinski definition) is 1. The average Bonchev–Trinajstić information content (AvgIpc) is 2.62. The Balaban J connectivity index is 1.79. The summed E-state index contributed by atoms with van der Waals surface area (Å²) in [6, 6.07) is 0. The van der Waals surface area contributed by atoms with Gasteiger partial charge in [0, 0.05) is 18.3 Å². The minimum absolute atomic E-state index is 0.0867. The SMILES string of the molecule is CC1(CC2CCCCS2)OCC(CCO)O1. The Kier molecular flexibility index (Phi) is 4.53. The molecule has 2 rings (SSSR count). The number of aliphatic hydroxyl groups excluding tert-OH is 1. The summed E-state index contributed by atoms with van der Waals surface area (Å²) in [6.45, 7) is 2.86. The first-order valence-electron chi connectivity index (χ1n) is 6.26. The summed E-state index contributed by atoms with van der Waals surface area (Å²) in [5, 5.41) is 9.57. The molecule has 3 atom stereocenters. The van der Waals surface area contributed by atoms with Gasteiger partial charge in [0.2, 0.25) is 0 Å². The fraction of sp³-hybridized carbons (Fsp3) is 1.00. The maximum absolute atomic E-state index is 8.88. The smallest absolute Gasteiger partial charge is 0.167 e. The number of thioether (sulfide) groups is 1. The van der Waals surface area contributed by atoms with Crippen LogP contribution in [0.2, 0.25) is 0 Å². The Morgan fingerprint density at radius 2 is 2.31 bits per heavy atom. The van der Waals surface area contributed by atoms with Gasteiger partial charge in [0.15, 0.2) is 5.79 Å². The average molecular weight is 246 g/mol. The summed E-state index contributed by atoms with van der Waals surface area (Å²) in [5.74, 6) is 0.871. The Hall–Kier alpha value is 0.230. The fourth-order valence-electron chi connectivity index (χ4n) is 2.47. The summed E-state index contributed by atoms with van der Waals surface area (Å²) in [7, 11) is 0. The topological polar surface area (TPSA) is 38.7 Å². The van der Waals surface area contributed by atoms with Crippen LogP contribution in [0.5, 0.6) is 0 Å². The zero-order valence-corrected chi connectivity index (χ0v) is 10.8. The second-order valence-electron chi connectivity index (χ2n) is 4.89. The Morgan fingerprint density at radius 3 is 3.00 bits per heavy atom. The molecular weight excluding hydrogens is 224 g/mol. The molecular formula is C12H22O3S. The van der Waals surface area contributed by atoms with Crippen LogP contribution in [0.25, 0.3) is 0 Å². The molecule has 3 nitrogen and oxygen atoms in total. The highest BCUT2D eigenvalue weighted by Crippen LogP contribution is 2.36. The Morgan fingerprint density at radius 1 is 1.44 bits per heavy atom. The third-order valence-electron chi connectivity index (χ3n) is 3.31. The number of hydrogen-bond acceptors (Lipinski definition) is 4. The monoisotopic (exact) mass is 246 g/mol. The van der Waals surface area contributed by atoms with Crippen LogP contribution in [0.1, 0.15) is 39.0 Å². The van der Waals surface area contributed by atoms with Gasteiger partial charge >= 0.3 is 0 Å². The van der Waals surface area contributed by atoms with Crippen LogP contribution in [0.15, 0.2) is 0 Å². The molecule has 0 aromatic carbocycles. The van der Waals surface area contributed by atoms with Gasteiger partial charge in [-0.1, -0.05) is 6.42 Å². The van der Waals surface area contributed by atoms with Crippen molar-refractivity contribution in [3.05, 3.63) is 0 Å². The van der Waals surface area contributed by atoms with E-state index in [0.29, 0.717) is 18.3 Å². The lowest BCUT2D eigenvalue weighted by atomic mass is 10.1. The van der Waals surface area contributed by atoms with E-state index >= 15 is 0 Å². The van der Waals surface area contributed by atoms with Crippen LogP contribution < -0.4 is 0 Å². The van der Waals surface area contributed by atoms with Crippen LogP contribution in [0, 0.1) is 0 Å². The molecule has 2 saturated heterocycles. The van der Waals surface area contributed by atoms with Gasteiger partial charge in [-0.15, -0.1) is 0 Å². The highest BCUT2D eigenvalue weighted by Gasteiger charge is 2.39. The lowest BCUT2D eigenvalue weighted by Gasteiger charge is -2.30. The first-order chi connectivity index (χ1) is 7.72. The number of aliphatic hydroxyl groups is 1. The third-order valence-corrected chi connectivity index (χ3v) is 4.71. The molecule has 0 aromatic heterocycles. The molecule has 2 aliphatic rings. The van der Waals surface area contributed by atoms with Crippen molar-refractivity contribution in [2.75, 3.05) is 19.0 Å². The van der Waals surface area contributed by atoms with E-state index in [1.165, 1.54) is 25.0 Å². The van der Waals surface area contributed by atoms with E-state index in [1.807, 2.05) is 6.92 Å². The summed E-state index contributed by atoms with van der Waals surface area (Å²) in [6.07, 6.45) is 5.74. The van der Waals surface area contributed by atoms with Crippen molar-refractivity contribution in [2.24, 2.45) is 0 Å². The zero-order valence-electron chi connectivity index (χ0n) is 9.98. The molecule has 0 radical (unpaired) electrons. The second-order valence-corrected chi connectivity index (χ2v) is 6.30. The van der Waals surface area contributed by atoms with E-state index in [0.717, 1.165) is 6.42 Å². The largest absolute Gasteiger partial charge is 0.396 e. The molecule has 3 unspecified atom stereocenters. The maximum Gasteiger partial charge on any atom is 0.167 e. The van der Waals surface area contributed by atoms with Crippen molar-refractivity contribution >= 4 is 11.8 Å². The van der Waals surface area contributed by atoms with E-state index in [1.54, 1.807) is 0 Å². The van der Waals surface area contributed by atoms with E-state index in [-0.39, 0.29) is 12.7 Å². The molecule has 16 heavy (non-hydrogen) atoms. The second kappa shape index (κ2) is 5.71. The van der Waals surface area contributed by atoms with Gasteiger partial charge in [-0.25, -0.2) is 0 Å². The molecule has 0 spiro atoms. The van der Waals surface area contributed by atoms with Crippen LogP contribution in [-0.2, 0) is 9.47 Å². The van der Waals surface area contributed by atoms with Gasteiger partial charge in [-0.2, -0.15) is 11.8 Å². The first kappa shape index (κ1) is 12.7. The van der Waals surface area contributed by atoms with Crippen molar-refractivity contribution in [1.82, 2.24) is 0 Å². The van der Waals surface area contributed by atoms with Gasteiger partial charge in [0.1, 0.15) is 0 Å². The molecule has 4 heteroatoms. The summed E-state index contributed by atoms with van der Waals surface area (Å²) in [5.41, 5.74) is 0. The molecule has 1 N–H and O–H groups in total. The molecule has 0 amide bonds. The molecule has 2 fully saturated rings. The standard InChI is InChI=1S/C12H22O3S/c1-12(8-11-4-2-3-7-16-11)14-9-10(15-12)5-6-13/h10-11,13H,2-9H2,1H3. The minimum Gasteiger partial charge on any atom is -0.396 e. The molecule has 2 heterocycles. The minimum atomic E-state index is -0.408. The summed E-state index contributed by atoms with van der Waals surface area (Å²) >= 11 is 2.05. The van der Waals surface area contributed by atoms with E-state index in [9.17, 15) is 0 Å². The molecule has 0 bridgehead atoms. The lowest BCUT2D eigenvalue weighted by Crippen LogP contribution is -2.32. The van der Waals surface area contributed by atoms with E-state index in [2.05, 4.69) is 11.8 Å². The first-order valence-corrected chi connectivity index (χ1v) is 7.31. The van der Waals surface area contributed by atoms with Crippen molar-refractivity contribution in [3.8, 4) is 0 Å². The zero-order chi connectivity index (χ0) is 11.4. The molecule has 0 aromatic rings. The van der Waals surface area contributed by atoms with Gasteiger partial charge in [0.05, 0.1) is 12.7 Å². The molecule has 0 aliphatic carbocycles. The maximum atomic E-state index is 8.88. The highest BCUT2D eigenvalue weighted by molar-refractivity contribution is 7.99. The normalized spacial score (nSPS) is 40.1. The quantitative estimate of drug-likeness (QED) is 0.825. The van der Waals surface area contributed by atoms with Crippen molar-refractivity contribution in [1.29, 1.82) is 0 Å². The van der Waals surface area contributed by atoms with Gasteiger partial charge < -0.3 is 14.6 Å². The van der Waals surface area contributed by atoms with Gasteiger partial charge in [0.25, 0.3) is 0 Å². The third kappa shape index (κ3) is 3.36. The Labute approximate surface area is 102 Å². The molecule has 2 aliphatic heterocycles. The number of rotatable bonds is 4. The predicted molar refractivity (Wildman–Crippen MR) is 65.6 cm³/mol. The van der Waals surface area contributed by atoms with Crippen LogP contribution in [0.4, 0.5) is 0 Å². The van der Waals surface area contributed by atoms with E-state index < -0.39 is 5.79 Å². The fourth-order valence-corrected chi connectivity index (χ4v) is 3.92. The molecule has 94 valence electrons. The Bertz CT molecular complexity index is 218. The van der Waals surface area contributed by atoms with Gasteiger partial charge in [-0.05, 0) is 31.9 Å². The molecule has 0 saturated carbocycles. The number of ether oxygens (including phenoxy) is 2. The highest BCUT2D eigenvalue weighted by atomic mass is 32.2. The summed E-state index contributed by atoms with van der Waals surface area (Å²) < 4.78 is 11.7. The van der Waals surface area contributed by atoms with Crippen molar-refractivity contribution in [3.63, 3.8) is 0 Å². The summed E-state index contributed by atoms with van der Waals surface area (Å²) in [4.78, 5) is 0. The predicted octanol–water partition coefficient (Wildman–Crippen LogP) is 2.18. The van der Waals surface area contributed by atoms with Crippen molar-refractivity contribution < 1.29 is 14.6 Å². The van der Waals surface area contributed by atoms with E-state index in [4.69, 9.17) is 14.6 Å². The lowest BCUT2D eigenvalue weighted by molar-refractivity contribution is -0.159. The van der Waals surface area contributed by atoms with Crippen LogP contribution in [0.3, 0.4) is 0 Å².